The van der Waals surface area contributed by atoms with Gasteiger partial charge < -0.3 is 5.32 Å². The second-order valence-corrected chi connectivity index (χ2v) is 5.27. The van der Waals surface area contributed by atoms with E-state index in [2.05, 4.69) is 10.3 Å². The molecule has 2 aromatic heterocycles. The predicted octanol–water partition coefficient (Wildman–Crippen LogP) is 4.20. The summed E-state index contributed by atoms with van der Waals surface area (Å²) in [7, 11) is 0. The van der Waals surface area contributed by atoms with Gasteiger partial charge in [-0.05, 0) is 18.2 Å². The van der Waals surface area contributed by atoms with E-state index in [-0.39, 0.29) is 5.91 Å². The molecule has 1 N–H and O–H groups in total. The lowest BCUT2D eigenvalue weighted by Crippen LogP contribution is -2.11. The minimum absolute atomic E-state index is 0.139. The molecule has 0 atom stereocenters. The van der Waals surface area contributed by atoms with Gasteiger partial charge in [-0.1, -0.05) is 29.8 Å². The molecule has 0 aliphatic carbocycles. The number of anilines is 1. The van der Waals surface area contributed by atoms with Gasteiger partial charge in [0, 0.05) is 27.4 Å². The van der Waals surface area contributed by atoms with E-state index in [9.17, 15) is 4.79 Å². The second-order valence-electron chi connectivity index (χ2n) is 3.97. The Morgan fingerprint density at radius 3 is 2.95 bits per heavy atom. The Labute approximate surface area is 118 Å². The van der Waals surface area contributed by atoms with Crippen molar-refractivity contribution in [3.63, 3.8) is 0 Å². The molecule has 0 saturated heterocycles. The van der Waals surface area contributed by atoms with Gasteiger partial charge in [-0.3, -0.25) is 4.79 Å². The van der Waals surface area contributed by atoms with Crippen molar-refractivity contribution in [1.29, 1.82) is 0 Å². The molecule has 1 aromatic carbocycles. The second kappa shape index (κ2) is 4.99. The Morgan fingerprint density at radius 1 is 1.26 bits per heavy atom. The fraction of sp³-hybridized carbons (Fsp3) is 0. The zero-order chi connectivity index (χ0) is 13.2. The lowest BCUT2D eigenvalue weighted by Gasteiger charge is -2.04. The number of thiophene rings is 1. The van der Waals surface area contributed by atoms with E-state index in [1.165, 1.54) is 0 Å². The van der Waals surface area contributed by atoms with Crippen LogP contribution in [0, 0.1) is 0 Å². The van der Waals surface area contributed by atoms with Crippen LogP contribution in [0.2, 0.25) is 5.15 Å². The highest BCUT2D eigenvalue weighted by atomic mass is 35.5. The van der Waals surface area contributed by atoms with Gasteiger partial charge in [0.05, 0.1) is 5.56 Å². The Morgan fingerprint density at radius 2 is 2.11 bits per heavy atom. The van der Waals surface area contributed by atoms with Gasteiger partial charge >= 0.3 is 0 Å². The van der Waals surface area contributed by atoms with Crippen LogP contribution in [0.25, 0.3) is 10.1 Å². The Bertz CT molecular complexity index is 754. The van der Waals surface area contributed by atoms with Crippen molar-refractivity contribution in [3.8, 4) is 0 Å². The Hall–Kier alpha value is -1.91. The van der Waals surface area contributed by atoms with Gasteiger partial charge in [-0.15, -0.1) is 11.3 Å². The number of nitrogens with zero attached hydrogens (tertiary/aromatic N) is 1. The quantitative estimate of drug-likeness (QED) is 0.718. The largest absolute Gasteiger partial charge is 0.322 e. The number of rotatable bonds is 2. The van der Waals surface area contributed by atoms with Crippen molar-refractivity contribution in [3.05, 3.63) is 58.7 Å². The van der Waals surface area contributed by atoms with E-state index in [1.54, 1.807) is 29.7 Å². The van der Waals surface area contributed by atoms with Crippen LogP contribution in [0.5, 0.6) is 0 Å². The molecule has 0 aliphatic rings. The predicted molar refractivity (Wildman–Crippen MR) is 79.0 cm³/mol. The van der Waals surface area contributed by atoms with Crippen molar-refractivity contribution >= 4 is 44.6 Å². The van der Waals surface area contributed by atoms with Crippen LogP contribution in [0.15, 0.2) is 48.0 Å². The molecule has 0 radical (unpaired) electrons. The summed E-state index contributed by atoms with van der Waals surface area (Å²) in [6.07, 6.45) is 1.56. The summed E-state index contributed by atoms with van der Waals surface area (Å²) in [5.41, 5.74) is 1.31. The molecule has 1 amide bonds. The monoisotopic (exact) mass is 288 g/mol. The number of fused-ring (bicyclic) bond motifs is 1. The highest BCUT2D eigenvalue weighted by molar-refractivity contribution is 7.17. The fourth-order valence-corrected chi connectivity index (χ4v) is 2.95. The summed E-state index contributed by atoms with van der Waals surface area (Å²) in [5, 5.41) is 6.00. The number of pyridine rings is 1. The minimum Gasteiger partial charge on any atom is -0.322 e. The van der Waals surface area contributed by atoms with Crippen LogP contribution < -0.4 is 5.32 Å². The SMILES string of the molecule is O=C(Nc1ccnc(Cl)c1)c1csc2ccccc12. The zero-order valence-electron chi connectivity index (χ0n) is 9.76. The van der Waals surface area contributed by atoms with Gasteiger partial charge in [-0.2, -0.15) is 0 Å². The number of carbonyl (C=O) groups is 1. The third kappa shape index (κ3) is 2.45. The minimum atomic E-state index is -0.139. The molecule has 19 heavy (non-hydrogen) atoms. The van der Waals surface area contributed by atoms with E-state index >= 15 is 0 Å². The number of hydrogen-bond acceptors (Lipinski definition) is 3. The van der Waals surface area contributed by atoms with Crippen molar-refractivity contribution in [2.24, 2.45) is 0 Å². The normalized spacial score (nSPS) is 10.6. The maximum absolute atomic E-state index is 12.2. The maximum atomic E-state index is 12.2. The summed E-state index contributed by atoms with van der Waals surface area (Å²) in [6.45, 7) is 0. The van der Waals surface area contributed by atoms with Crippen molar-refractivity contribution < 1.29 is 4.79 Å². The molecular formula is C14H9ClN2OS. The van der Waals surface area contributed by atoms with Gasteiger partial charge in [0.1, 0.15) is 5.15 Å². The summed E-state index contributed by atoms with van der Waals surface area (Å²) in [5.74, 6) is -0.139. The number of aromatic nitrogens is 1. The number of halogens is 1. The standard InChI is InChI=1S/C14H9ClN2OS/c15-13-7-9(5-6-16-13)17-14(18)11-8-19-12-4-2-1-3-10(11)12/h1-8H,(H,16,17,18). The van der Waals surface area contributed by atoms with Crippen molar-refractivity contribution in [1.82, 2.24) is 4.98 Å². The summed E-state index contributed by atoms with van der Waals surface area (Å²) in [4.78, 5) is 16.1. The third-order valence-corrected chi connectivity index (χ3v) is 3.88. The first kappa shape index (κ1) is 12.1. The van der Waals surface area contributed by atoms with Gasteiger partial charge in [0.15, 0.2) is 0 Å². The summed E-state index contributed by atoms with van der Waals surface area (Å²) >= 11 is 7.34. The average Bonchev–Trinajstić information content (AvgIpc) is 2.82. The topological polar surface area (TPSA) is 42.0 Å². The first-order chi connectivity index (χ1) is 9.24. The number of amides is 1. The number of benzene rings is 1. The molecular weight excluding hydrogens is 280 g/mol. The molecule has 0 aliphatic heterocycles. The first-order valence-electron chi connectivity index (χ1n) is 5.63. The number of nitrogens with one attached hydrogen (secondary N) is 1. The van der Waals surface area contributed by atoms with E-state index < -0.39 is 0 Å². The van der Waals surface area contributed by atoms with Crippen LogP contribution in [0.1, 0.15) is 10.4 Å². The molecule has 5 heteroatoms. The third-order valence-electron chi connectivity index (χ3n) is 2.71. The van der Waals surface area contributed by atoms with Gasteiger partial charge in [-0.25, -0.2) is 4.98 Å². The highest BCUT2D eigenvalue weighted by Crippen LogP contribution is 2.26. The number of hydrogen-bond donors (Lipinski definition) is 1. The lowest BCUT2D eigenvalue weighted by molar-refractivity contribution is 0.102. The molecule has 0 spiro atoms. The Balaban J connectivity index is 1.92. The van der Waals surface area contributed by atoms with Crippen LogP contribution in [0.4, 0.5) is 5.69 Å². The van der Waals surface area contributed by atoms with Crippen LogP contribution in [0.3, 0.4) is 0 Å². The fourth-order valence-electron chi connectivity index (χ4n) is 1.83. The molecule has 94 valence electrons. The molecule has 0 saturated carbocycles. The van der Waals surface area contributed by atoms with E-state index in [0.717, 1.165) is 10.1 Å². The molecule has 2 heterocycles. The molecule has 3 aromatic rings. The molecule has 3 nitrogen and oxygen atoms in total. The molecule has 0 fully saturated rings. The van der Waals surface area contributed by atoms with E-state index in [4.69, 9.17) is 11.6 Å². The maximum Gasteiger partial charge on any atom is 0.257 e. The summed E-state index contributed by atoms with van der Waals surface area (Å²) < 4.78 is 1.10. The molecule has 3 rings (SSSR count). The zero-order valence-corrected chi connectivity index (χ0v) is 11.3. The van der Waals surface area contributed by atoms with E-state index in [0.29, 0.717) is 16.4 Å². The summed E-state index contributed by atoms with van der Waals surface area (Å²) in [6, 6.07) is 11.2. The van der Waals surface area contributed by atoms with Crippen molar-refractivity contribution in [2.75, 3.05) is 5.32 Å². The van der Waals surface area contributed by atoms with Gasteiger partial charge in [0.25, 0.3) is 5.91 Å². The Kier molecular flexibility index (Phi) is 3.19. The van der Waals surface area contributed by atoms with Crippen molar-refractivity contribution in [2.45, 2.75) is 0 Å². The van der Waals surface area contributed by atoms with Crippen LogP contribution in [-0.4, -0.2) is 10.9 Å². The highest BCUT2D eigenvalue weighted by Gasteiger charge is 2.12. The van der Waals surface area contributed by atoms with Gasteiger partial charge in [0.2, 0.25) is 0 Å². The average molecular weight is 289 g/mol. The lowest BCUT2D eigenvalue weighted by atomic mass is 10.1. The first-order valence-corrected chi connectivity index (χ1v) is 6.89. The van der Waals surface area contributed by atoms with Crippen LogP contribution >= 0.6 is 22.9 Å². The van der Waals surface area contributed by atoms with Crippen LogP contribution in [-0.2, 0) is 0 Å². The smallest absolute Gasteiger partial charge is 0.257 e. The molecule has 0 bridgehead atoms. The van der Waals surface area contributed by atoms with E-state index in [1.807, 2.05) is 29.6 Å². The molecule has 0 unspecified atom stereocenters. The number of carbonyl (C=O) groups excluding carboxylic acids is 1.